The maximum atomic E-state index is 14.3. The summed E-state index contributed by atoms with van der Waals surface area (Å²) in [4.78, 5) is 33.5. The number of anilines is 1. The Balaban J connectivity index is 1.47. The number of thiazole rings is 1. The van der Waals surface area contributed by atoms with Crippen molar-refractivity contribution in [1.29, 1.82) is 0 Å². The molecule has 1 amide bonds. The molecule has 0 fully saturated rings. The number of halogens is 3. The Morgan fingerprint density at radius 2 is 1.78 bits per heavy atom. The van der Waals surface area contributed by atoms with Gasteiger partial charge in [0.05, 0.1) is 32.5 Å². The van der Waals surface area contributed by atoms with Gasteiger partial charge in [0.1, 0.15) is 18.1 Å². The van der Waals surface area contributed by atoms with Crippen LogP contribution in [-0.4, -0.2) is 17.6 Å². The maximum absolute atomic E-state index is 14.3. The predicted molar refractivity (Wildman–Crippen MR) is 197 cm³/mol. The minimum atomic E-state index is -0.729. The van der Waals surface area contributed by atoms with Crippen molar-refractivity contribution in [3.8, 4) is 11.5 Å². The number of hydrogen-bond acceptors (Lipinski definition) is 6. The number of carbonyl (C=O) groups excluding carboxylic acids is 1. The fourth-order valence-electron chi connectivity index (χ4n) is 5.18. The first-order valence-electron chi connectivity index (χ1n) is 14.1. The largest absolute Gasteiger partial charge is 0.497 e. The van der Waals surface area contributed by atoms with Crippen molar-refractivity contribution >= 4 is 83.5 Å². The van der Waals surface area contributed by atoms with E-state index in [2.05, 4.69) is 59.8 Å². The number of ether oxygens (including phenoxy) is 2. The van der Waals surface area contributed by atoms with Crippen molar-refractivity contribution in [3.63, 3.8) is 0 Å². The van der Waals surface area contributed by atoms with Gasteiger partial charge in [0.15, 0.2) is 4.80 Å². The third-order valence-electron chi connectivity index (χ3n) is 7.33. The number of fused-ring (bicyclic) bond motifs is 1. The van der Waals surface area contributed by atoms with E-state index in [9.17, 15) is 9.59 Å². The zero-order valence-electron chi connectivity index (χ0n) is 24.6. The summed E-state index contributed by atoms with van der Waals surface area (Å²) in [5.41, 5.74) is 3.79. The van der Waals surface area contributed by atoms with Gasteiger partial charge in [-0.3, -0.25) is 14.2 Å². The summed E-state index contributed by atoms with van der Waals surface area (Å²) in [5, 5.41) is 2.98. The van der Waals surface area contributed by atoms with E-state index in [1.165, 1.54) is 11.3 Å². The third kappa shape index (κ3) is 6.92. The van der Waals surface area contributed by atoms with E-state index in [1.807, 2.05) is 97.1 Å². The lowest BCUT2D eigenvalue weighted by molar-refractivity contribution is -0.113. The van der Waals surface area contributed by atoms with Crippen LogP contribution in [0.1, 0.15) is 29.7 Å². The number of methoxy groups -OCH3 is 1. The Labute approximate surface area is 299 Å². The van der Waals surface area contributed by atoms with E-state index in [-0.39, 0.29) is 11.5 Å². The van der Waals surface area contributed by atoms with Crippen LogP contribution in [0, 0.1) is 3.57 Å². The van der Waals surface area contributed by atoms with Crippen molar-refractivity contribution in [1.82, 2.24) is 4.57 Å². The molecule has 2 heterocycles. The van der Waals surface area contributed by atoms with Gasteiger partial charge in [-0.05, 0) is 95.2 Å². The first-order chi connectivity index (χ1) is 22.2. The molecule has 0 radical (unpaired) electrons. The SMILES string of the molecule is COc1cccc([C@H]2C(C(=O)Nc3ccccc3)=C(C)N=c3s/c(=C\c4cc(Br)cc(I)c4OCc4ccc(Br)cc4)c(=O)n32)c1. The van der Waals surface area contributed by atoms with E-state index < -0.39 is 6.04 Å². The summed E-state index contributed by atoms with van der Waals surface area (Å²) in [6.45, 7) is 2.16. The van der Waals surface area contributed by atoms with Crippen LogP contribution in [0.5, 0.6) is 11.5 Å². The van der Waals surface area contributed by atoms with Crippen molar-refractivity contribution in [2.45, 2.75) is 19.6 Å². The number of allylic oxidation sites excluding steroid dienone is 1. The summed E-state index contributed by atoms with van der Waals surface area (Å²) in [5.74, 6) is 0.953. The van der Waals surface area contributed by atoms with Gasteiger partial charge in [0.25, 0.3) is 11.5 Å². The number of nitrogens with zero attached hydrogens (tertiary/aromatic N) is 2. The van der Waals surface area contributed by atoms with E-state index in [0.29, 0.717) is 44.4 Å². The van der Waals surface area contributed by atoms with Gasteiger partial charge in [-0.2, -0.15) is 0 Å². The van der Waals surface area contributed by atoms with E-state index in [0.717, 1.165) is 29.2 Å². The van der Waals surface area contributed by atoms with Gasteiger partial charge < -0.3 is 14.8 Å². The highest BCUT2D eigenvalue weighted by Gasteiger charge is 2.33. The Morgan fingerprint density at radius 3 is 2.52 bits per heavy atom. The Bertz CT molecular complexity index is 2160. The molecule has 1 aromatic heterocycles. The first-order valence-corrected chi connectivity index (χ1v) is 17.6. The standard InChI is InChI=1S/C35H26Br2IN3O4S/c1-20-30(33(42)40-26-8-4-3-5-9-26)31(22-7-6-10-27(16-22)44-2)41-34(43)29(46-35(41)39-20)17-23-15-25(37)18-28(38)32(23)45-19-21-11-13-24(36)14-12-21/h3-18,31H,19H2,1-2H3,(H,40,42)/b29-17-/t31-/m0/s1. The lowest BCUT2D eigenvalue weighted by atomic mass is 9.95. The fraction of sp³-hybridized carbons (Fsp3) is 0.114. The molecule has 11 heteroatoms. The van der Waals surface area contributed by atoms with Crippen LogP contribution in [0.25, 0.3) is 6.08 Å². The fourth-order valence-corrected chi connectivity index (χ4v) is 8.18. The molecule has 0 saturated carbocycles. The van der Waals surface area contributed by atoms with Gasteiger partial charge in [0, 0.05) is 20.2 Å². The highest BCUT2D eigenvalue weighted by atomic mass is 127. The summed E-state index contributed by atoms with van der Waals surface area (Å²) in [6, 6.07) is 27.8. The molecule has 1 aliphatic heterocycles. The van der Waals surface area contributed by atoms with Gasteiger partial charge in [-0.1, -0.05) is 85.7 Å². The molecule has 4 aromatic carbocycles. The number of para-hydroxylation sites is 1. The van der Waals surface area contributed by atoms with Gasteiger partial charge in [-0.25, -0.2) is 4.99 Å². The molecule has 1 atom stereocenters. The molecule has 0 saturated heterocycles. The first kappa shape index (κ1) is 32.4. The van der Waals surface area contributed by atoms with Crippen LogP contribution in [0.3, 0.4) is 0 Å². The zero-order valence-corrected chi connectivity index (χ0v) is 30.7. The Morgan fingerprint density at radius 1 is 1.02 bits per heavy atom. The monoisotopic (exact) mass is 869 g/mol. The minimum absolute atomic E-state index is 0.261. The minimum Gasteiger partial charge on any atom is -0.497 e. The molecule has 0 unspecified atom stereocenters. The van der Waals surface area contributed by atoms with Gasteiger partial charge in [0.2, 0.25) is 0 Å². The number of amides is 1. The van der Waals surface area contributed by atoms with Crippen molar-refractivity contribution in [2.24, 2.45) is 4.99 Å². The zero-order chi connectivity index (χ0) is 32.4. The van der Waals surface area contributed by atoms with E-state index in [1.54, 1.807) is 18.6 Å². The summed E-state index contributed by atoms with van der Waals surface area (Å²) < 4.78 is 16.6. The molecule has 0 spiro atoms. The summed E-state index contributed by atoms with van der Waals surface area (Å²) >= 11 is 10.6. The lowest BCUT2D eigenvalue weighted by Crippen LogP contribution is -2.40. The molecule has 0 aliphatic carbocycles. The molecule has 232 valence electrons. The maximum Gasteiger partial charge on any atom is 0.271 e. The van der Waals surface area contributed by atoms with E-state index >= 15 is 0 Å². The number of benzene rings is 4. The highest BCUT2D eigenvalue weighted by Crippen LogP contribution is 2.34. The van der Waals surface area contributed by atoms with E-state index in [4.69, 9.17) is 14.5 Å². The van der Waals surface area contributed by atoms with Crippen LogP contribution >= 0.6 is 65.8 Å². The van der Waals surface area contributed by atoms with Crippen LogP contribution < -0.4 is 29.7 Å². The summed E-state index contributed by atoms with van der Waals surface area (Å²) in [6.07, 6.45) is 1.83. The molecule has 5 aromatic rings. The van der Waals surface area contributed by atoms with Gasteiger partial charge >= 0.3 is 0 Å². The Hall–Kier alpha value is -3.52. The number of nitrogens with one attached hydrogen (secondary N) is 1. The second-order valence-electron chi connectivity index (χ2n) is 10.4. The lowest BCUT2D eigenvalue weighted by Gasteiger charge is -2.25. The molecular weight excluding hydrogens is 845 g/mol. The van der Waals surface area contributed by atoms with Crippen LogP contribution in [0.15, 0.2) is 121 Å². The van der Waals surface area contributed by atoms with Crippen molar-refractivity contribution in [2.75, 3.05) is 12.4 Å². The number of carbonyl (C=O) groups is 1. The second kappa shape index (κ2) is 14.1. The molecule has 1 N–H and O–H groups in total. The number of hydrogen-bond donors (Lipinski definition) is 1. The van der Waals surface area contributed by atoms with Crippen LogP contribution in [0.4, 0.5) is 5.69 Å². The van der Waals surface area contributed by atoms with Crippen molar-refractivity contribution < 1.29 is 14.3 Å². The quantitative estimate of drug-likeness (QED) is 0.163. The molecule has 0 bridgehead atoms. The highest BCUT2D eigenvalue weighted by molar-refractivity contribution is 14.1. The topological polar surface area (TPSA) is 81.9 Å². The normalized spacial score (nSPS) is 14.5. The average molecular weight is 871 g/mol. The molecular formula is C35H26Br2IN3O4S. The summed E-state index contributed by atoms with van der Waals surface area (Å²) in [7, 11) is 1.59. The molecule has 1 aliphatic rings. The van der Waals surface area contributed by atoms with Gasteiger partial charge in [-0.15, -0.1) is 0 Å². The van der Waals surface area contributed by atoms with Crippen LogP contribution in [-0.2, 0) is 11.4 Å². The molecule has 7 nitrogen and oxygen atoms in total. The number of aromatic nitrogens is 1. The average Bonchev–Trinajstić information content (AvgIpc) is 3.34. The Kier molecular flexibility index (Phi) is 9.92. The number of rotatable bonds is 8. The smallest absolute Gasteiger partial charge is 0.271 e. The molecule has 46 heavy (non-hydrogen) atoms. The van der Waals surface area contributed by atoms with Crippen molar-refractivity contribution in [3.05, 3.63) is 151 Å². The predicted octanol–water partition coefficient (Wildman–Crippen LogP) is 7.59. The third-order valence-corrected chi connectivity index (χ3v) is 10.1. The molecule has 6 rings (SSSR count). The second-order valence-corrected chi connectivity index (χ2v) is 14.4. The van der Waals surface area contributed by atoms with Crippen LogP contribution in [0.2, 0.25) is 0 Å².